The predicted molar refractivity (Wildman–Crippen MR) is 111 cm³/mol. The average molecular weight is 395 g/mol. The van der Waals surface area contributed by atoms with E-state index in [1.165, 1.54) is 6.92 Å². The molecule has 0 radical (unpaired) electrons. The number of hydrogen-bond acceptors (Lipinski definition) is 5. The summed E-state index contributed by atoms with van der Waals surface area (Å²) in [6, 6.07) is 11.5. The Morgan fingerprint density at radius 3 is 2.45 bits per heavy atom. The lowest BCUT2D eigenvalue weighted by atomic mass is 10.1. The molecule has 1 unspecified atom stereocenters. The van der Waals surface area contributed by atoms with Crippen LogP contribution in [0.15, 0.2) is 48.7 Å². The molecule has 29 heavy (non-hydrogen) atoms. The first kappa shape index (κ1) is 20.3. The van der Waals surface area contributed by atoms with Crippen LogP contribution in [-0.4, -0.2) is 59.8 Å². The summed E-state index contributed by atoms with van der Waals surface area (Å²) in [4.78, 5) is 44.5. The number of rotatable bonds is 5. The highest BCUT2D eigenvalue weighted by Crippen LogP contribution is 2.13. The average Bonchev–Trinajstić information content (AvgIpc) is 2.74. The Morgan fingerprint density at radius 2 is 1.79 bits per heavy atom. The molecule has 0 bridgehead atoms. The quantitative estimate of drug-likeness (QED) is 0.757. The van der Waals surface area contributed by atoms with Crippen LogP contribution in [0.2, 0.25) is 0 Å². The van der Waals surface area contributed by atoms with Gasteiger partial charge in [-0.2, -0.15) is 0 Å². The number of ketones is 1. The fourth-order valence-corrected chi connectivity index (χ4v) is 3.09. The first-order valence-electron chi connectivity index (χ1n) is 9.57. The van der Waals surface area contributed by atoms with Crippen molar-refractivity contribution in [2.75, 3.05) is 36.4 Å². The van der Waals surface area contributed by atoms with Crippen LogP contribution in [0, 0.1) is 0 Å². The van der Waals surface area contributed by atoms with Gasteiger partial charge in [0.1, 0.15) is 11.9 Å². The smallest absolute Gasteiger partial charge is 0.318 e. The Hall–Kier alpha value is -3.42. The van der Waals surface area contributed by atoms with Crippen molar-refractivity contribution in [3.63, 3.8) is 0 Å². The molecule has 0 spiro atoms. The van der Waals surface area contributed by atoms with Gasteiger partial charge in [-0.3, -0.25) is 9.59 Å². The molecule has 1 saturated heterocycles. The number of anilines is 2. The third kappa shape index (κ3) is 5.31. The van der Waals surface area contributed by atoms with E-state index in [9.17, 15) is 14.4 Å². The van der Waals surface area contributed by atoms with Gasteiger partial charge in [-0.25, -0.2) is 9.78 Å². The number of piperazine rings is 1. The summed E-state index contributed by atoms with van der Waals surface area (Å²) >= 11 is 0. The topological polar surface area (TPSA) is 94.6 Å². The summed E-state index contributed by atoms with van der Waals surface area (Å²) in [5.74, 6) is 0.478. The lowest BCUT2D eigenvalue weighted by molar-refractivity contribution is -0.117. The molecule has 1 atom stereocenters. The summed E-state index contributed by atoms with van der Waals surface area (Å²) in [5.41, 5.74) is 1.04. The van der Waals surface area contributed by atoms with Crippen LogP contribution in [0.25, 0.3) is 0 Å². The molecule has 1 fully saturated rings. The largest absolute Gasteiger partial charge is 0.353 e. The SMILES string of the molecule is CC(=O)c1cccc(NC(=O)C(C)NC(=O)N2CCN(c3ccccn3)CC2)c1. The molecule has 1 aromatic carbocycles. The van der Waals surface area contributed by atoms with Crippen LogP contribution in [0.1, 0.15) is 24.2 Å². The van der Waals surface area contributed by atoms with Gasteiger partial charge in [-0.05, 0) is 38.1 Å². The van der Waals surface area contributed by atoms with E-state index < -0.39 is 6.04 Å². The van der Waals surface area contributed by atoms with Gasteiger partial charge in [0.05, 0.1) is 0 Å². The fraction of sp³-hybridized carbons (Fsp3) is 0.333. The number of aromatic nitrogens is 1. The summed E-state index contributed by atoms with van der Waals surface area (Å²) in [5, 5.41) is 5.47. The van der Waals surface area contributed by atoms with Crippen LogP contribution in [0.5, 0.6) is 0 Å². The lowest BCUT2D eigenvalue weighted by Crippen LogP contribution is -2.54. The van der Waals surface area contributed by atoms with Crippen molar-refractivity contribution in [3.8, 4) is 0 Å². The maximum Gasteiger partial charge on any atom is 0.318 e. The van der Waals surface area contributed by atoms with Crippen LogP contribution < -0.4 is 15.5 Å². The first-order chi connectivity index (χ1) is 13.9. The summed E-state index contributed by atoms with van der Waals surface area (Å²) in [7, 11) is 0. The Kier molecular flexibility index (Phi) is 6.43. The van der Waals surface area contributed by atoms with Gasteiger partial charge in [0.2, 0.25) is 5.91 Å². The highest BCUT2D eigenvalue weighted by atomic mass is 16.2. The van der Waals surface area contributed by atoms with Gasteiger partial charge in [-0.15, -0.1) is 0 Å². The van der Waals surface area contributed by atoms with Crippen molar-refractivity contribution in [3.05, 3.63) is 54.2 Å². The maximum atomic E-state index is 12.5. The number of urea groups is 1. The molecule has 8 heteroatoms. The van der Waals surface area contributed by atoms with E-state index in [-0.39, 0.29) is 17.7 Å². The summed E-state index contributed by atoms with van der Waals surface area (Å²) < 4.78 is 0. The standard InChI is InChI=1S/C21H25N5O3/c1-15(20(28)24-18-7-5-6-17(14-18)16(2)27)23-21(29)26-12-10-25(11-13-26)19-8-3-4-9-22-19/h3-9,14-15H,10-13H2,1-2H3,(H,23,29)(H,24,28). The number of nitrogens with one attached hydrogen (secondary N) is 2. The number of carbonyl (C=O) groups excluding carboxylic acids is 3. The van der Waals surface area contributed by atoms with Gasteiger partial charge < -0.3 is 20.4 Å². The predicted octanol–water partition coefficient (Wildman–Crippen LogP) is 2.14. The molecule has 3 amide bonds. The van der Waals surface area contributed by atoms with Crippen molar-refractivity contribution in [1.82, 2.24) is 15.2 Å². The van der Waals surface area contributed by atoms with E-state index in [0.29, 0.717) is 37.4 Å². The Bertz CT molecular complexity index is 879. The molecule has 8 nitrogen and oxygen atoms in total. The highest BCUT2D eigenvalue weighted by molar-refractivity contribution is 5.99. The third-order valence-electron chi connectivity index (χ3n) is 4.81. The number of amides is 3. The molecule has 2 heterocycles. The minimum atomic E-state index is -0.711. The molecule has 0 aliphatic carbocycles. The maximum absolute atomic E-state index is 12.5. The van der Waals surface area contributed by atoms with Crippen molar-refractivity contribution in [1.29, 1.82) is 0 Å². The van der Waals surface area contributed by atoms with E-state index in [4.69, 9.17) is 0 Å². The zero-order valence-corrected chi connectivity index (χ0v) is 16.6. The Balaban J connectivity index is 1.49. The van der Waals surface area contributed by atoms with E-state index in [0.717, 1.165) is 5.82 Å². The monoisotopic (exact) mass is 395 g/mol. The van der Waals surface area contributed by atoms with Crippen LogP contribution >= 0.6 is 0 Å². The molecular weight excluding hydrogens is 370 g/mol. The van der Waals surface area contributed by atoms with Gasteiger partial charge >= 0.3 is 6.03 Å². The van der Waals surface area contributed by atoms with E-state index in [1.807, 2.05) is 18.2 Å². The minimum Gasteiger partial charge on any atom is -0.353 e. The number of hydrogen-bond donors (Lipinski definition) is 2. The van der Waals surface area contributed by atoms with Gasteiger partial charge in [0, 0.05) is 43.6 Å². The third-order valence-corrected chi connectivity index (χ3v) is 4.81. The fourth-order valence-electron chi connectivity index (χ4n) is 3.09. The number of nitrogens with zero attached hydrogens (tertiary/aromatic N) is 3. The van der Waals surface area contributed by atoms with Gasteiger partial charge in [0.15, 0.2) is 5.78 Å². The van der Waals surface area contributed by atoms with Crippen molar-refractivity contribution in [2.45, 2.75) is 19.9 Å². The zero-order chi connectivity index (χ0) is 20.8. The van der Waals surface area contributed by atoms with Crippen molar-refractivity contribution in [2.24, 2.45) is 0 Å². The van der Waals surface area contributed by atoms with E-state index in [2.05, 4.69) is 20.5 Å². The summed E-state index contributed by atoms with van der Waals surface area (Å²) in [6.07, 6.45) is 1.75. The minimum absolute atomic E-state index is 0.0766. The molecule has 1 aliphatic rings. The molecular formula is C21H25N5O3. The molecule has 152 valence electrons. The number of benzene rings is 1. The van der Waals surface area contributed by atoms with Crippen LogP contribution in [-0.2, 0) is 4.79 Å². The molecule has 1 aliphatic heterocycles. The first-order valence-corrected chi connectivity index (χ1v) is 9.57. The number of Topliss-reactive ketones (excluding diaryl/α,β-unsaturated/α-hetero) is 1. The van der Waals surface area contributed by atoms with Crippen molar-refractivity contribution < 1.29 is 14.4 Å². The zero-order valence-electron chi connectivity index (χ0n) is 16.6. The molecule has 2 N–H and O–H groups in total. The second-order valence-electron chi connectivity index (χ2n) is 6.96. The number of pyridine rings is 1. The molecule has 1 aromatic heterocycles. The molecule has 3 rings (SSSR count). The molecule has 0 saturated carbocycles. The van der Waals surface area contributed by atoms with Gasteiger partial charge in [0.25, 0.3) is 0 Å². The molecule has 2 aromatic rings. The van der Waals surface area contributed by atoms with E-state index >= 15 is 0 Å². The van der Waals surface area contributed by atoms with E-state index in [1.54, 1.807) is 42.3 Å². The summed E-state index contributed by atoms with van der Waals surface area (Å²) in [6.45, 7) is 5.57. The number of carbonyl (C=O) groups is 3. The van der Waals surface area contributed by atoms with Crippen LogP contribution in [0.4, 0.5) is 16.3 Å². The second-order valence-corrected chi connectivity index (χ2v) is 6.96. The van der Waals surface area contributed by atoms with Gasteiger partial charge in [-0.1, -0.05) is 18.2 Å². The van der Waals surface area contributed by atoms with Crippen LogP contribution in [0.3, 0.4) is 0 Å². The highest BCUT2D eigenvalue weighted by Gasteiger charge is 2.24. The van der Waals surface area contributed by atoms with Crippen molar-refractivity contribution >= 4 is 29.2 Å². The second kappa shape index (κ2) is 9.18. The Labute approximate surface area is 169 Å². The lowest BCUT2D eigenvalue weighted by Gasteiger charge is -2.35. The Morgan fingerprint density at radius 1 is 1.03 bits per heavy atom. The normalized spacial score (nSPS) is 14.8.